The number of carbonyl (C=O) groups excluding carboxylic acids is 1. The minimum atomic E-state index is -0.753. The highest BCUT2D eigenvalue weighted by Gasteiger charge is 2.55. The molecule has 0 bridgehead atoms. The van der Waals surface area contributed by atoms with E-state index in [-0.39, 0.29) is 17.8 Å². The second kappa shape index (κ2) is 3.93. The minimum Gasteiger partial charge on any atom is -0.409 e. The zero-order chi connectivity index (χ0) is 11.8. The predicted octanol–water partition coefficient (Wildman–Crippen LogP) is -0.504. The fourth-order valence-electron chi connectivity index (χ4n) is 2.17. The first-order chi connectivity index (χ1) is 7.60. The number of nitrogens with two attached hydrogens (primary N) is 1. The molecule has 0 spiro atoms. The molecule has 0 atom stereocenters. The number of amides is 1. The summed E-state index contributed by atoms with van der Waals surface area (Å²) in [6.07, 6.45) is 2.22. The van der Waals surface area contributed by atoms with E-state index < -0.39 is 5.41 Å². The highest BCUT2D eigenvalue weighted by molar-refractivity contribution is 6.09. The molecule has 2 fully saturated rings. The van der Waals surface area contributed by atoms with Crippen molar-refractivity contribution >= 4 is 11.7 Å². The number of carbonyl (C=O) groups is 1. The van der Waals surface area contributed by atoms with Gasteiger partial charge in [-0.25, -0.2) is 0 Å². The Balaban J connectivity index is 2.03. The Kier molecular flexibility index (Phi) is 2.75. The summed E-state index contributed by atoms with van der Waals surface area (Å²) in [5.41, 5.74) is 4.80. The number of aliphatic hydroxyl groups is 1. The summed E-state index contributed by atoms with van der Waals surface area (Å²) in [6, 6.07) is 0. The maximum absolute atomic E-state index is 12.2. The van der Waals surface area contributed by atoms with E-state index >= 15 is 0 Å². The Morgan fingerprint density at radius 1 is 1.38 bits per heavy atom. The van der Waals surface area contributed by atoms with Gasteiger partial charge >= 0.3 is 0 Å². The van der Waals surface area contributed by atoms with Crippen molar-refractivity contribution in [2.24, 2.45) is 16.3 Å². The molecule has 0 aromatic heterocycles. The highest BCUT2D eigenvalue weighted by atomic mass is 16.4. The van der Waals surface area contributed by atoms with Gasteiger partial charge in [-0.2, -0.15) is 0 Å². The molecule has 1 saturated carbocycles. The van der Waals surface area contributed by atoms with Crippen molar-refractivity contribution in [2.75, 3.05) is 13.1 Å². The van der Waals surface area contributed by atoms with Crippen LogP contribution in [0.1, 0.15) is 25.7 Å². The maximum Gasteiger partial charge on any atom is 0.236 e. The number of aliphatic hydroxyl groups excluding tert-OH is 1. The fraction of sp³-hybridized carbons (Fsp3) is 0.800. The van der Waals surface area contributed by atoms with Crippen molar-refractivity contribution < 1.29 is 15.1 Å². The highest BCUT2D eigenvalue weighted by Crippen LogP contribution is 2.47. The van der Waals surface area contributed by atoms with Crippen LogP contribution in [0.5, 0.6) is 0 Å². The summed E-state index contributed by atoms with van der Waals surface area (Å²) in [7, 11) is 0. The Morgan fingerprint density at radius 2 is 1.94 bits per heavy atom. The number of nitrogens with zero attached hydrogens (tertiary/aromatic N) is 2. The molecule has 0 aromatic carbocycles. The van der Waals surface area contributed by atoms with Crippen molar-refractivity contribution in [1.29, 1.82) is 0 Å². The van der Waals surface area contributed by atoms with Crippen LogP contribution in [0, 0.1) is 5.41 Å². The Labute approximate surface area is 93.7 Å². The summed E-state index contributed by atoms with van der Waals surface area (Å²) >= 11 is 0. The summed E-state index contributed by atoms with van der Waals surface area (Å²) in [5.74, 6) is -0.0432. The molecule has 16 heavy (non-hydrogen) atoms. The first-order valence-corrected chi connectivity index (χ1v) is 5.55. The van der Waals surface area contributed by atoms with Gasteiger partial charge in [-0.3, -0.25) is 4.79 Å². The lowest BCUT2D eigenvalue weighted by Crippen LogP contribution is -2.47. The molecule has 2 rings (SSSR count). The molecule has 1 saturated heterocycles. The first kappa shape index (κ1) is 11.2. The van der Waals surface area contributed by atoms with Crippen molar-refractivity contribution in [3.05, 3.63) is 0 Å². The van der Waals surface area contributed by atoms with Gasteiger partial charge < -0.3 is 20.9 Å². The van der Waals surface area contributed by atoms with Gasteiger partial charge in [0.1, 0.15) is 5.41 Å². The van der Waals surface area contributed by atoms with Crippen LogP contribution < -0.4 is 5.73 Å². The van der Waals surface area contributed by atoms with Gasteiger partial charge in [0.2, 0.25) is 5.91 Å². The standard InChI is InChI=1S/C10H17N3O3/c11-8(12-16)10(3-4-10)9(15)13-5-1-7(14)2-6-13/h7,14,16H,1-6H2,(H2,11,12). The Hall–Kier alpha value is -1.30. The van der Waals surface area contributed by atoms with Crippen LogP contribution >= 0.6 is 0 Å². The van der Waals surface area contributed by atoms with Gasteiger partial charge in [-0.1, -0.05) is 5.16 Å². The minimum absolute atomic E-state index is 0.0172. The zero-order valence-electron chi connectivity index (χ0n) is 9.09. The molecule has 6 heteroatoms. The summed E-state index contributed by atoms with van der Waals surface area (Å²) in [5, 5.41) is 21.0. The van der Waals surface area contributed by atoms with Crippen LogP contribution in [0.4, 0.5) is 0 Å². The van der Waals surface area contributed by atoms with Crippen LogP contribution in [0.3, 0.4) is 0 Å². The van der Waals surface area contributed by atoms with Gasteiger partial charge in [-0.05, 0) is 25.7 Å². The molecule has 0 radical (unpaired) electrons. The zero-order valence-corrected chi connectivity index (χ0v) is 9.09. The third kappa shape index (κ3) is 1.73. The molecule has 0 aromatic rings. The number of hydrogen-bond acceptors (Lipinski definition) is 4. The van der Waals surface area contributed by atoms with Crippen molar-refractivity contribution in [3.8, 4) is 0 Å². The van der Waals surface area contributed by atoms with E-state index in [4.69, 9.17) is 10.9 Å². The largest absolute Gasteiger partial charge is 0.409 e. The fourth-order valence-corrected chi connectivity index (χ4v) is 2.17. The number of rotatable bonds is 2. The molecule has 1 aliphatic carbocycles. The molecule has 4 N–H and O–H groups in total. The van der Waals surface area contributed by atoms with Crippen molar-refractivity contribution in [2.45, 2.75) is 31.8 Å². The Morgan fingerprint density at radius 3 is 2.38 bits per heavy atom. The molecule has 90 valence electrons. The van der Waals surface area contributed by atoms with Gasteiger partial charge in [0.25, 0.3) is 0 Å². The lowest BCUT2D eigenvalue weighted by molar-refractivity contribution is -0.136. The maximum atomic E-state index is 12.2. The molecule has 1 heterocycles. The van der Waals surface area contributed by atoms with E-state index in [1.165, 1.54) is 0 Å². The number of piperidine rings is 1. The van der Waals surface area contributed by atoms with E-state index in [0.29, 0.717) is 38.8 Å². The van der Waals surface area contributed by atoms with Crippen LogP contribution in [-0.4, -0.2) is 46.1 Å². The predicted molar refractivity (Wildman–Crippen MR) is 56.9 cm³/mol. The normalized spacial score (nSPS) is 25.6. The average Bonchev–Trinajstić information content (AvgIpc) is 3.09. The monoisotopic (exact) mass is 227 g/mol. The third-order valence-corrected chi connectivity index (χ3v) is 3.51. The molecular formula is C10H17N3O3. The van der Waals surface area contributed by atoms with E-state index in [0.717, 1.165) is 0 Å². The van der Waals surface area contributed by atoms with Crippen molar-refractivity contribution in [3.63, 3.8) is 0 Å². The van der Waals surface area contributed by atoms with Crippen LogP contribution in [-0.2, 0) is 4.79 Å². The van der Waals surface area contributed by atoms with Gasteiger partial charge in [0.05, 0.1) is 6.10 Å². The Bertz CT molecular complexity index is 317. The number of oxime groups is 1. The molecule has 0 unspecified atom stereocenters. The smallest absolute Gasteiger partial charge is 0.236 e. The van der Waals surface area contributed by atoms with E-state index in [9.17, 15) is 9.90 Å². The lowest BCUT2D eigenvalue weighted by atomic mass is 10.0. The SMILES string of the molecule is NC(=NO)C1(C(=O)N2CCC(O)CC2)CC1. The molecular weight excluding hydrogens is 210 g/mol. The van der Waals surface area contributed by atoms with E-state index in [2.05, 4.69) is 5.16 Å². The van der Waals surface area contributed by atoms with Gasteiger partial charge in [0.15, 0.2) is 5.84 Å². The molecule has 6 nitrogen and oxygen atoms in total. The summed E-state index contributed by atoms with van der Waals surface area (Å²) in [6.45, 7) is 1.11. The molecule has 2 aliphatic rings. The summed E-state index contributed by atoms with van der Waals surface area (Å²) in [4.78, 5) is 13.9. The first-order valence-electron chi connectivity index (χ1n) is 5.55. The number of likely N-dealkylation sites (tertiary alicyclic amines) is 1. The van der Waals surface area contributed by atoms with Crippen LogP contribution in [0.15, 0.2) is 5.16 Å². The van der Waals surface area contributed by atoms with E-state index in [1.807, 2.05) is 0 Å². The summed E-state index contributed by atoms with van der Waals surface area (Å²) < 4.78 is 0. The second-order valence-corrected chi connectivity index (χ2v) is 4.59. The molecule has 1 aliphatic heterocycles. The number of amidine groups is 1. The van der Waals surface area contributed by atoms with Gasteiger partial charge in [0, 0.05) is 13.1 Å². The second-order valence-electron chi connectivity index (χ2n) is 4.59. The molecule has 1 amide bonds. The average molecular weight is 227 g/mol. The van der Waals surface area contributed by atoms with Crippen LogP contribution in [0.2, 0.25) is 0 Å². The van der Waals surface area contributed by atoms with Gasteiger partial charge in [-0.15, -0.1) is 0 Å². The quantitative estimate of drug-likeness (QED) is 0.256. The van der Waals surface area contributed by atoms with E-state index in [1.54, 1.807) is 4.90 Å². The van der Waals surface area contributed by atoms with Crippen molar-refractivity contribution in [1.82, 2.24) is 4.90 Å². The lowest BCUT2D eigenvalue weighted by Gasteiger charge is -2.32. The third-order valence-electron chi connectivity index (χ3n) is 3.51. The van der Waals surface area contributed by atoms with Crippen LogP contribution in [0.25, 0.3) is 0 Å². The number of hydrogen-bond donors (Lipinski definition) is 3. The topological polar surface area (TPSA) is 99.2 Å².